The van der Waals surface area contributed by atoms with Crippen molar-refractivity contribution in [2.75, 3.05) is 0 Å². The van der Waals surface area contributed by atoms with Crippen LogP contribution < -0.4 is 10.4 Å². The van der Waals surface area contributed by atoms with Crippen LogP contribution in [0, 0.1) is 0 Å². The molecule has 5 aromatic carbocycles. The number of benzene rings is 5. The van der Waals surface area contributed by atoms with Crippen LogP contribution in [0.1, 0.15) is 22.3 Å². The lowest BCUT2D eigenvalue weighted by atomic mass is 10.00. The normalized spacial score (nSPS) is 11.1. The molecule has 0 aliphatic carbocycles. The average Bonchev–Trinajstić information content (AvgIpc) is 2.96. The Balaban J connectivity index is 1.35. The van der Waals surface area contributed by atoms with Crippen molar-refractivity contribution in [1.82, 2.24) is 0 Å². The summed E-state index contributed by atoms with van der Waals surface area (Å²) >= 11 is 0. The highest BCUT2D eigenvalue weighted by Crippen LogP contribution is 2.23. The first kappa shape index (κ1) is 23.7. The summed E-state index contributed by atoms with van der Waals surface area (Å²) in [6, 6.07) is 52.5. The van der Waals surface area contributed by atoms with Crippen molar-refractivity contribution in [2.45, 2.75) is 0 Å². The van der Waals surface area contributed by atoms with Gasteiger partial charge in [-0.15, -0.1) is 0 Å². The molecular weight excluding hydrogens is 465 g/mol. The van der Waals surface area contributed by atoms with Crippen molar-refractivity contribution >= 4 is 40.6 Å². The molecule has 5 rings (SSSR count). The molecule has 0 N–H and O–H groups in total. The summed E-state index contributed by atoms with van der Waals surface area (Å²) in [6.45, 7) is 0. The lowest BCUT2D eigenvalue weighted by Gasteiger charge is -2.10. The highest BCUT2D eigenvalue weighted by molar-refractivity contribution is 6.62. The summed E-state index contributed by atoms with van der Waals surface area (Å²) in [6.07, 6.45) is 0. The van der Waals surface area contributed by atoms with E-state index in [0.717, 1.165) is 0 Å². The predicted octanol–water partition coefficient (Wildman–Crippen LogP) is 5.45. The minimum atomic E-state index is -0.538. The molecule has 0 bridgehead atoms. The van der Waals surface area contributed by atoms with Gasteiger partial charge in [0, 0.05) is 0 Å². The topological polar surface area (TPSA) is 0 Å². The fourth-order valence-corrected chi connectivity index (χ4v) is 7.37. The van der Waals surface area contributed by atoms with Gasteiger partial charge >= 0.3 is 0 Å². The van der Waals surface area contributed by atoms with Crippen LogP contribution in [0.2, 0.25) is 0 Å². The lowest BCUT2D eigenvalue weighted by Crippen LogP contribution is -2.19. The summed E-state index contributed by atoms with van der Waals surface area (Å²) in [7, 11) is -1.08. The Hall–Kier alpha value is -3.99. The van der Waals surface area contributed by atoms with Crippen LogP contribution in [0.5, 0.6) is 0 Å². The van der Waals surface area contributed by atoms with Gasteiger partial charge in [-0.25, -0.2) is 0 Å². The smallest absolute Gasteiger partial charge is 0.0791 e. The van der Waals surface area contributed by atoms with Crippen LogP contribution in [0.25, 0.3) is 11.1 Å². The van der Waals surface area contributed by atoms with Crippen molar-refractivity contribution < 1.29 is 0 Å². The molecule has 0 aliphatic heterocycles. The molecule has 0 fully saturated rings. The van der Waals surface area contributed by atoms with Crippen molar-refractivity contribution in [3.8, 4) is 0 Å². The van der Waals surface area contributed by atoms with E-state index in [1.807, 2.05) is 0 Å². The van der Waals surface area contributed by atoms with Crippen molar-refractivity contribution in [1.29, 1.82) is 0 Å². The maximum absolute atomic E-state index is 2.50. The van der Waals surface area contributed by atoms with Crippen molar-refractivity contribution in [3.63, 3.8) is 0 Å². The first-order chi connectivity index (χ1) is 17.9. The molecule has 36 heavy (non-hydrogen) atoms. The Labute approximate surface area is 219 Å². The van der Waals surface area contributed by atoms with Gasteiger partial charge in [0.15, 0.2) is 0 Å². The van der Waals surface area contributed by atoms with Crippen LogP contribution in [0.3, 0.4) is 0 Å². The van der Waals surface area contributed by atoms with Crippen LogP contribution >= 0.6 is 0 Å². The molecule has 0 saturated heterocycles. The van der Waals surface area contributed by atoms with E-state index in [9.17, 15) is 0 Å². The summed E-state index contributed by atoms with van der Waals surface area (Å²) in [5.74, 6) is 0. The minimum absolute atomic E-state index is 0.538. The van der Waals surface area contributed by atoms with E-state index in [4.69, 9.17) is 0 Å². The molecule has 0 nitrogen and oxygen atoms in total. The van der Waals surface area contributed by atoms with Gasteiger partial charge in [-0.05, 0) is 33.4 Å². The summed E-state index contributed by atoms with van der Waals surface area (Å²) in [5, 5.41) is 2.96. The van der Waals surface area contributed by atoms with Gasteiger partial charge in [-0.1, -0.05) is 167 Å². The van der Waals surface area contributed by atoms with Gasteiger partial charge in [0.25, 0.3) is 0 Å². The molecule has 174 valence electrons. The van der Waals surface area contributed by atoms with E-state index >= 15 is 0 Å². The second-order valence-electron chi connectivity index (χ2n) is 8.92. The third-order valence-corrected chi connectivity index (χ3v) is 9.56. The molecule has 5 aromatic rings. The zero-order valence-electron chi connectivity index (χ0n) is 20.4. The SMILES string of the molecule is C([SiH2]c1ccc([SiH2]C=C(c2ccccc2)c2ccccc2)cc1)=C(c1ccccc1)c1ccccc1. The zero-order valence-corrected chi connectivity index (χ0v) is 23.3. The third kappa shape index (κ3) is 6.17. The molecule has 0 saturated carbocycles. The van der Waals surface area contributed by atoms with E-state index in [1.54, 1.807) is 0 Å². The molecule has 0 radical (unpaired) electrons. The van der Waals surface area contributed by atoms with Gasteiger partial charge in [-0.3, -0.25) is 0 Å². The van der Waals surface area contributed by atoms with Gasteiger partial charge in [0.05, 0.1) is 19.0 Å². The Morgan fingerprint density at radius 2 is 0.583 bits per heavy atom. The molecule has 0 heterocycles. The lowest BCUT2D eigenvalue weighted by molar-refractivity contribution is 1.55. The van der Waals surface area contributed by atoms with Crippen LogP contribution in [0.15, 0.2) is 157 Å². The van der Waals surface area contributed by atoms with E-state index in [2.05, 4.69) is 157 Å². The largest absolute Gasteiger partial charge is 0.0879 e. The fourth-order valence-electron chi connectivity index (χ4n) is 4.53. The number of rotatable bonds is 8. The fraction of sp³-hybridized carbons (Fsp3) is 0. The van der Waals surface area contributed by atoms with Gasteiger partial charge in [0.1, 0.15) is 0 Å². The maximum atomic E-state index is 2.50. The zero-order chi connectivity index (χ0) is 24.4. The van der Waals surface area contributed by atoms with Gasteiger partial charge < -0.3 is 0 Å². The van der Waals surface area contributed by atoms with E-state index in [-0.39, 0.29) is 0 Å². The Morgan fingerprint density at radius 1 is 0.333 bits per heavy atom. The molecule has 2 heteroatoms. The quantitative estimate of drug-likeness (QED) is 0.252. The van der Waals surface area contributed by atoms with Crippen LogP contribution in [-0.4, -0.2) is 19.0 Å². The van der Waals surface area contributed by atoms with Crippen LogP contribution in [-0.2, 0) is 0 Å². The monoisotopic (exact) mass is 494 g/mol. The molecule has 0 unspecified atom stereocenters. The molecule has 0 aromatic heterocycles. The van der Waals surface area contributed by atoms with E-state index < -0.39 is 19.0 Å². The second-order valence-corrected chi connectivity index (χ2v) is 12.2. The van der Waals surface area contributed by atoms with Crippen molar-refractivity contribution in [2.24, 2.45) is 0 Å². The van der Waals surface area contributed by atoms with Crippen molar-refractivity contribution in [3.05, 3.63) is 179 Å². The molecule has 0 aliphatic rings. The summed E-state index contributed by atoms with van der Waals surface area (Å²) in [4.78, 5) is 0. The highest BCUT2D eigenvalue weighted by atomic mass is 28.2. The van der Waals surface area contributed by atoms with E-state index in [0.29, 0.717) is 0 Å². The highest BCUT2D eigenvalue weighted by Gasteiger charge is 2.06. The number of hydrogen-bond donors (Lipinski definition) is 0. The van der Waals surface area contributed by atoms with Gasteiger partial charge in [-0.2, -0.15) is 0 Å². The van der Waals surface area contributed by atoms with Gasteiger partial charge in [0.2, 0.25) is 0 Å². The number of hydrogen-bond acceptors (Lipinski definition) is 0. The standard InChI is InChI=1S/C34H30Si2/c1-5-13-27(14-6-1)33(28-15-7-2-8-16-28)25-35-31-21-23-32(24-22-31)36-26-34(29-17-9-3-10-18-29)30-19-11-4-12-20-30/h1-26H,35-36H2. The third-order valence-electron chi connectivity index (χ3n) is 6.45. The Bertz CT molecular complexity index is 1220. The molecule has 0 spiro atoms. The molecule has 0 atom stereocenters. The average molecular weight is 495 g/mol. The Kier molecular flexibility index (Phi) is 7.99. The molecule has 0 amide bonds. The first-order valence-electron chi connectivity index (χ1n) is 12.6. The minimum Gasteiger partial charge on any atom is -0.0879 e. The maximum Gasteiger partial charge on any atom is 0.0791 e. The van der Waals surface area contributed by atoms with Crippen LogP contribution in [0.4, 0.5) is 0 Å². The van der Waals surface area contributed by atoms with E-state index in [1.165, 1.54) is 43.8 Å². The summed E-state index contributed by atoms with van der Waals surface area (Å²) < 4.78 is 0. The first-order valence-corrected chi connectivity index (χ1v) is 15.6. The Morgan fingerprint density at radius 3 is 0.833 bits per heavy atom. The predicted molar refractivity (Wildman–Crippen MR) is 163 cm³/mol. The second kappa shape index (κ2) is 12.1. The summed E-state index contributed by atoms with van der Waals surface area (Å²) in [5.41, 5.74) is 12.9. The molecular formula is C34H30Si2.